The standard InChI is InChI=1S/C20H18N2O6/c1-25-12-6-4-11(5-7-12)22-19(23)16-17(21-28-18(16)20(22)24)14-9-8-13(26-2)10-15(14)27-3/h4-10,16,18H,1-3H3/t16-,18-/m1/s1. The minimum atomic E-state index is -0.989. The number of hydrogen-bond donors (Lipinski definition) is 0. The van der Waals surface area contributed by atoms with E-state index in [-0.39, 0.29) is 0 Å². The number of oxime groups is 1. The Labute approximate surface area is 161 Å². The smallest absolute Gasteiger partial charge is 0.278 e. The summed E-state index contributed by atoms with van der Waals surface area (Å²) in [6.45, 7) is 0. The van der Waals surface area contributed by atoms with Crippen LogP contribution < -0.4 is 19.1 Å². The molecule has 2 heterocycles. The number of carbonyl (C=O) groups is 2. The Morgan fingerprint density at radius 1 is 0.893 bits per heavy atom. The van der Waals surface area contributed by atoms with Crippen LogP contribution in [0.5, 0.6) is 17.2 Å². The molecule has 2 atom stereocenters. The van der Waals surface area contributed by atoms with E-state index < -0.39 is 23.8 Å². The molecule has 8 nitrogen and oxygen atoms in total. The predicted octanol–water partition coefficient (Wildman–Crippen LogP) is 2.00. The summed E-state index contributed by atoms with van der Waals surface area (Å²) in [5, 5.41) is 4.02. The van der Waals surface area contributed by atoms with Gasteiger partial charge in [-0.05, 0) is 36.4 Å². The summed E-state index contributed by atoms with van der Waals surface area (Å²) >= 11 is 0. The Kier molecular flexibility index (Phi) is 4.38. The Hall–Kier alpha value is -3.55. The molecule has 0 saturated carbocycles. The fourth-order valence-electron chi connectivity index (χ4n) is 3.40. The molecule has 2 aromatic rings. The van der Waals surface area contributed by atoms with Gasteiger partial charge >= 0.3 is 0 Å². The normalized spacial score (nSPS) is 20.5. The van der Waals surface area contributed by atoms with Crippen molar-refractivity contribution in [2.24, 2.45) is 11.1 Å². The lowest BCUT2D eigenvalue weighted by Crippen LogP contribution is -2.33. The predicted molar refractivity (Wildman–Crippen MR) is 99.9 cm³/mol. The molecule has 0 unspecified atom stereocenters. The zero-order valence-electron chi connectivity index (χ0n) is 15.5. The van der Waals surface area contributed by atoms with E-state index in [4.69, 9.17) is 19.0 Å². The number of fused-ring (bicyclic) bond motifs is 1. The highest BCUT2D eigenvalue weighted by atomic mass is 16.7. The second-order valence-electron chi connectivity index (χ2n) is 6.26. The van der Waals surface area contributed by atoms with Crippen LogP contribution in [0.4, 0.5) is 5.69 Å². The second-order valence-corrected chi connectivity index (χ2v) is 6.26. The fourth-order valence-corrected chi connectivity index (χ4v) is 3.40. The Morgan fingerprint density at radius 3 is 2.21 bits per heavy atom. The summed E-state index contributed by atoms with van der Waals surface area (Å²) in [6.07, 6.45) is -0.989. The first-order valence-electron chi connectivity index (χ1n) is 8.57. The van der Waals surface area contributed by atoms with Gasteiger partial charge in [-0.25, -0.2) is 4.90 Å². The van der Waals surface area contributed by atoms with E-state index in [2.05, 4.69) is 5.16 Å². The van der Waals surface area contributed by atoms with Gasteiger partial charge in [0.25, 0.3) is 5.91 Å². The van der Waals surface area contributed by atoms with Gasteiger partial charge in [0.15, 0.2) is 0 Å². The molecular weight excluding hydrogens is 364 g/mol. The van der Waals surface area contributed by atoms with Crippen LogP contribution in [-0.4, -0.2) is 45.0 Å². The lowest BCUT2D eigenvalue weighted by atomic mass is 9.93. The van der Waals surface area contributed by atoms with Crippen molar-refractivity contribution in [3.05, 3.63) is 48.0 Å². The van der Waals surface area contributed by atoms with E-state index in [9.17, 15) is 9.59 Å². The highest BCUT2D eigenvalue weighted by Gasteiger charge is 2.56. The molecule has 0 radical (unpaired) electrons. The van der Waals surface area contributed by atoms with Crippen LogP contribution in [0.25, 0.3) is 0 Å². The van der Waals surface area contributed by atoms with E-state index in [0.29, 0.717) is 34.2 Å². The van der Waals surface area contributed by atoms with Crippen molar-refractivity contribution in [2.75, 3.05) is 26.2 Å². The number of imide groups is 1. The van der Waals surface area contributed by atoms with Gasteiger partial charge in [-0.3, -0.25) is 9.59 Å². The van der Waals surface area contributed by atoms with Gasteiger partial charge in [0.1, 0.15) is 28.9 Å². The van der Waals surface area contributed by atoms with Crippen LogP contribution in [0.2, 0.25) is 0 Å². The van der Waals surface area contributed by atoms with Gasteiger partial charge in [-0.1, -0.05) is 5.16 Å². The average molecular weight is 382 g/mol. The maximum atomic E-state index is 13.1. The summed E-state index contributed by atoms with van der Waals surface area (Å²) in [5.74, 6) is 0.0259. The third-order valence-electron chi connectivity index (χ3n) is 4.83. The lowest BCUT2D eigenvalue weighted by Gasteiger charge is -2.16. The molecule has 4 rings (SSSR count). The summed E-state index contributed by atoms with van der Waals surface area (Å²) in [6, 6.07) is 11.8. The average Bonchev–Trinajstić information content (AvgIpc) is 3.27. The summed E-state index contributed by atoms with van der Waals surface area (Å²) in [5.41, 5.74) is 1.39. The van der Waals surface area contributed by atoms with E-state index >= 15 is 0 Å². The van der Waals surface area contributed by atoms with Crippen molar-refractivity contribution in [3.63, 3.8) is 0 Å². The number of anilines is 1. The summed E-state index contributed by atoms with van der Waals surface area (Å²) < 4.78 is 15.7. The summed E-state index contributed by atoms with van der Waals surface area (Å²) in [7, 11) is 4.61. The first kappa shape index (κ1) is 17.8. The Morgan fingerprint density at radius 2 is 1.57 bits per heavy atom. The van der Waals surface area contributed by atoms with Crippen LogP contribution >= 0.6 is 0 Å². The molecule has 0 N–H and O–H groups in total. The molecular formula is C20H18N2O6. The molecule has 2 aliphatic heterocycles. The molecule has 0 bridgehead atoms. The number of methoxy groups -OCH3 is 3. The SMILES string of the molecule is COc1ccc(N2C(=O)[C@@H]3C(c4ccc(OC)cc4OC)=NO[C@H]3C2=O)cc1. The second kappa shape index (κ2) is 6.88. The monoisotopic (exact) mass is 382 g/mol. The Balaban J connectivity index is 1.69. The van der Waals surface area contributed by atoms with Crippen LogP contribution in [0, 0.1) is 5.92 Å². The number of hydrogen-bond acceptors (Lipinski definition) is 7. The van der Waals surface area contributed by atoms with Gasteiger partial charge in [0, 0.05) is 11.6 Å². The molecule has 144 valence electrons. The summed E-state index contributed by atoms with van der Waals surface area (Å²) in [4.78, 5) is 32.4. The number of amides is 2. The van der Waals surface area contributed by atoms with Gasteiger partial charge in [-0.15, -0.1) is 0 Å². The molecule has 2 amide bonds. The highest BCUT2D eigenvalue weighted by molar-refractivity contribution is 6.32. The van der Waals surface area contributed by atoms with Crippen molar-refractivity contribution in [2.45, 2.75) is 6.10 Å². The first-order valence-corrected chi connectivity index (χ1v) is 8.57. The topological polar surface area (TPSA) is 86.7 Å². The lowest BCUT2D eigenvalue weighted by molar-refractivity contribution is -0.126. The van der Waals surface area contributed by atoms with Crippen LogP contribution in [0.1, 0.15) is 5.56 Å². The van der Waals surface area contributed by atoms with Crippen molar-refractivity contribution in [1.82, 2.24) is 0 Å². The van der Waals surface area contributed by atoms with Crippen LogP contribution in [0.3, 0.4) is 0 Å². The van der Waals surface area contributed by atoms with E-state index in [1.807, 2.05) is 0 Å². The maximum absolute atomic E-state index is 13.1. The number of benzene rings is 2. The largest absolute Gasteiger partial charge is 0.497 e. The molecule has 0 spiro atoms. The van der Waals surface area contributed by atoms with Crippen LogP contribution in [0.15, 0.2) is 47.6 Å². The number of rotatable bonds is 5. The zero-order valence-corrected chi connectivity index (χ0v) is 15.5. The van der Waals surface area contributed by atoms with E-state index in [0.717, 1.165) is 4.90 Å². The van der Waals surface area contributed by atoms with Gasteiger partial charge in [-0.2, -0.15) is 0 Å². The number of carbonyl (C=O) groups excluding carboxylic acids is 2. The molecule has 0 aromatic heterocycles. The quantitative estimate of drug-likeness (QED) is 0.736. The van der Waals surface area contributed by atoms with E-state index in [1.165, 1.54) is 7.11 Å². The fraction of sp³-hybridized carbons (Fsp3) is 0.250. The van der Waals surface area contributed by atoms with E-state index in [1.54, 1.807) is 56.7 Å². The van der Waals surface area contributed by atoms with Gasteiger partial charge < -0.3 is 19.0 Å². The maximum Gasteiger partial charge on any atom is 0.278 e. The molecule has 1 saturated heterocycles. The molecule has 28 heavy (non-hydrogen) atoms. The van der Waals surface area contributed by atoms with Crippen molar-refractivity contribution >= 4 is 23.2 Å². The molecule has 0 aliphatic carbocycles. The molecule has 2 aliphatic rings. The molecule has 8 heteroatoms. The first-order chi connectivity index (χ1) is 13.6. The number of nitrogens with zero attached hydrogens (tertiary/aromatic N) is 2. The van der Waals surface area contributed by atoms with Crippen molar-refractivity contribution < 1.29 is 28.6 Å². The third-order valence-corrected chi connectivity index (χ3v) is 4.83. The number of ether oxygens (including phenoxy) is 3. The minimum absolute atomic E-state index is 0.360. The van der Waals surface area contributed by atoms with Crippen molar-refractivity contribution in [3.8, 4) is 17.2 Å². The zero-order chi connectivity index (χ0) is 19.8. The molecule has 2 aromatic carbocycles. The van der Waals surface area contributed by atoms with Gasteiger partial charge in [0.2, 0.25) is 12.0 Å². The minimum Gasteiger partial charge on any atom is -0.497 e. The molecule has 1 fully saturated rings. The third kappa shape index (κ3) is 2.65. The van der Waals surface area contributed by atoms with Crippen LogP contribution in [-0.2, 0) is 14.4 Å². The van der Waals surface area contributed by atoms with Gasteiger partial charge in [0.05, 0.1) is 27.0 Å². The Bertz CT molecular complexity index is 969. The highest BCUT2D eigenvalue weighted by Crippen LogP contribution is 2.38. The van der Waals surface area contributed by atoms with Crippen molar-refractivity contribution in [1.29, 1.82) is 0 Å².